The number of nitrogens with zero attached hydrogens (tertiary/aromatic N) is 6. The molecule has 1 N–H and O–H groups in total. The molecule has 0 atom stereocenters. The van der Waals surface area contributed by atoms with Gasteiger partial charge >= 0.3 is 0 Å². The van der Waals surface area contributed by atoms with E-state index < -0.39 is 0 Å². The Balaban J connectivity index is 1.30. The van der Waals surface area contributed by atoms with Gasteiger partial charge in [0.15, 0.2) is 0 Å². The van der Waals surface area contributed by atoms with E-state index in [4.69, 9.17) is 9.47 Å². The first-order valence-electron chi connectivity index (χ1n) is 9.73. The molecule has 1 aliphatic carbocycles. The molecule has 0 spiro atoms. The highest BCUT2D eigenvalue weighted by Gasteiger charge is 2.30. The van der Waals surface area contributed by atoms with Crippen molar-refractivity contribution in [2.75, 3.05) is 25.6 Å². The Morgan fingerprint density at radius 3 is 2.86 bits per heavy atom. The van der Waals surface area contributed by atoms with Crippen LogP contribution in [0.2, 0.25) is 0 Å². The second kappa shape index (κ2) is 7.41. The first-order chi connectivity index (χ1) is 14.2. The third-order valence-electron chi connectivity index (χ3n) is 5.35. The summed E-state index contributed by atoms with van der Waals surface area (Å²) in [5, 5.41) is 8.00. The summed E-state index contributed by atoms with van der Waals surface area (Å²) >= 11 is 0. The van der Waals surface area contributed by atoms with Gasteiger partial charge in [0, 0.05) is 48.6 Å². The molecule has 0 bridgehead atoms. The maximum atomic E-state index is 5.72. The van der Waals surface area contributed by atoms with E-state index >= 15 is 0 Å². The van der Waals surface area contributed by atoms with Crippen molar-refractivity contribution in [2.45, 2.75) is 31.9 Å². The van der Waals surface area contributed by atoms with Gasteiger partial charge in [0.05, 0.1) is 37.2 Å². The van der Waals surface area contributed by atoms with Crippen molar-refractivity contribution >= 4 is 17.2 Å². The van der Waals surface area contributed by atoms with Gasteiger partial charge in [0.1, 0.15) is 0 Å². The van der Waals surface area contributed by atoms with Crippen LogP contribution in [0.1, 0.15) is 18.5 Å². The Labute approximate surface area is 167 Å². The lowest BCUT2D eigenvalue weighted by molar-refractivity contribution is -0.0261. The second-order valence-corrected chi connectivity index (χ2v) is 7.35. The Morgan fingerprint density at radius 2 is 2.00 bits per heavy atom. The topological polar surface area (TPSA) is 90.9 Å². The monoisotopic (exact) mass is 393 g/mol. The van der Waals surface area contributed by atoms with Gasteiger partial charge in [0.2, 0.25) is 11.7 Å². The van der Waals surface area contributed by atoms with Crippen LogP contribution in [-0.4, -0.2) is 61.4 Å². The lowest BCUT2D eigenvalue weighted by Crippen LogP contribution is -2.41. The van der Waals surface area contributed by atoms with Crippen molar-refractivity contribution in [2.24, 2.45) is 0 Å². The van der Waals surface area contributed by atoms with E-state index in [0.717, 1.165) is 35.2 Å². The minimum atomic E-state index is 0.290. The Hall–Kier alpha value is -3.04. The summed E-state index contributed by atoms with van der Waals surface area (Å²) in [5.41, 5.74) is 4.02. The fourth-order valence-electron chi connectivity index (χ4n) is 3.64. The number of fused-ring (bicyclic) bond motifs is 2. The normalized spacial score (nSPS) is 19.0. The zero-order valence-corrected chi connectivity index (χ0v) is 16.4. The van der Waals surface area contributed by atoms with Gasteiger partial charge in [-0.1, -0.05) is 0 Å². The van der Waals surface area contributed by atoms with E-state index in [1.54, 1.807) is 7.11 Å². The molecule has 1 aliphatic rings. The molecule has 4 aromatic heterocycles. The molecule has 9 nitrogen and oxygen atoms in total. The molecule has 0 amide bonds. The maximum absolute atomic E-state index is 5.72. The molecule has 29 heavy (non-hydrogen) atoms. The van der Waals surface area contributed by atoms with Crippen LogP contribution in [0, 0.1) is 6.92 Å². The highest BCUT2D eigenvalue weighted by molar-refractivity contribution is 5.79. The van der Waals surface area contributed by atoms with E-state index in [-0.39, 0.29) is 0 Å². The largest absolute Gasteiger partial charge is 0.382 e. The van der Waals surface area contributed by atoms with Gasteiger partial charge in [-0.25, -0.2) is 19.5 Å². The highest BCUT2D eigenvalue weighted by atomic mass is 16.5. The van der Waals surface area contributed by atoms with Gasteiger partial charge in [0.25, 0.3) is 0 Å². The summed E-state index contributed by atoms with van der Waals surface area (Å²) in [4.78, 5) is 13.2. The van der Waals surface area contributed by atoms with Crippen LogP contribution in [0.5, 0.6) is 0 Å². The van der Waals surface area contributed by atoms with Crippen LogP contribution in [0.15, 0.2) is 37.1 Å². The average molecular weight is 393 g/mol. The minimum absolute atomic E-state index is 0.290. The SMILES string of the molecule is COCCO[C@H]1C[C@@H](Nc2ncc3c(-c4cnc5ncc(C)n5c4)ccn3n2)C1. The Bertz CT molecular complexity index is 1150. The van der Waals surface area contributed by atoms with Crippen LogP contribution in [0.25, 0.3) is 22.4 Å². The number of rotatable bonds is 7. The van der Waals surface area contributed by atoms with Crippen LogP contribution in [0.4, 0.5) is 5.95 Å². The van der Waals surface area contributed by atoms with Crippen LogP contribution >= 0.6 is 0 Å². The number of nitrogens with one attached hydrogen (secondary N) is 1. The molecule has 1 fully saturated rings. The number of hydrogen-bond acceptors (Lipinski definition) is 7. The lowest BCUT2D eigenvalue weighted by Gasteiger charge is -2.35. The van der Waals surface area contributed by atoms with Gasteiger partial charge in [-0.15, -0.1) is 5.10 Å². The summed E-state index contributed by atoms with van der Waals surface area (Å²) < 4.78 is 14.6. The molecular formula is C20H23N7O2. The minimum Gasteiger partial charge on any atom is -0.382 e. The van der Waals surface area contributed by atoms with Crippen molar-refractivity contribution in [3.8, 4) is 11.1 Å². The Kier molecular flexibility index (Phi) is 4.61. The fourth-order valence-corrected chi connectivity index (χ4v) is 3.64. The van der Waals surface area contributed by atoms with Crippen molar-refractivity contribution in [3.63, 3.8) is 0 Å². The molecule has 0 aliphatic heterocycles. The van der Waals surface area contributed by atoms with Crippen molar-refractivity contribution < 1.29 is 9.47 Å². The second-order valence-electron chi connectivity index (χ2n) is 7.35. The van der Waals surface area contributed by atoms with Gasteiger partial charge in [-0.2, -0.15) is 0 Å². The lowest BCUT2D eigenvalue weighted by atomic mass is 9.89. The molecule has 0 aromatic carbocycles. The molecule has 0 radical (unpaired) electrons. The van der Waals surface area contributed by atoms with E-state index in [0.29, 0.717) is 37.1 Å². The van der Waals surface area contributed by atoms with E-state index in [1.165, 1.54) is 0 Å². The molecule has 4 heterocycles. The Morgan fingerprint density at radius 1 is 1.14 bits per heavy atom. The predicted molar refractivity (Wildman–Crippen MR) is 108 cm³/mol. The van der Waals surface area contributed by atoms with E-state index in [9.17, 15) is 0 Å². The molecule has 9 heteroatoms. The summed E-state index contributed by atoms with van der Waals surface area (Å²) in [6.07, 6.45) is 11.7. The number of aromatic nitrogens is 6. The third-order valence-corrected chi connectivity index (χ3v) is 5.35. The molecule has 4 aromatic rings. The number of imidazole rings is 1. The quantitative estimate of drug-likeness (QED) is 0.482. The molecule has 5 rings (SSSR count). The molecule has 150 valence electrons. The molecule has 0 saturated heterocycles. The fraction of sp³-hybridized carbons (Fsp3) is 0.400. The number of aryl methyl sites for hydroxylation is 1. The third kappa shape index (κ3) is 3.43. The first kappa shape index (κ1) is 18.0. The smallest absolute Gasteiger partial charge is 0.241 e. The number of ether oxygens (including phenoxy) is 2. The van der Waals surface area contributed by atoms with Crippen LogP contribution < -0.4 is 5.32 Å². The zero-order chi connectivity index (χ0) is 19.8. The van der Waals surface area contributed by atoms with Crippen molar-refractivity contribution in [1.82, 2.24) is 29.0 Å². The number of anilines is 1. The van der Waals surface area contributed by atoms with E-state index in [1.807, 2.05) is 52.9 Å². The molecule has 0 unspecified atom stereocenters. The van der Waals surface area contributed by atoms with Gasteiger partial charge in [-0.3, -0.25) is 4.40 Å². The van der Waals surface area contributed by atoms with Gasteiger partial charge < -0.3 is 14.8 Å². The molecular weight excluding hydrogens is 370 g/mol. The number of methoxy groups -OCH3 is 1. The van der Waals surface area contributed by atoms with Crippen molar-refractivity contribution in [1.29, 1.82) is 0 Å². The van der Waals surface area contributed by atoms with Crippen LogP contribution in [0.3, 0.4) is 0 Å². The summed E-state index contributed by atoms with van der Waals surface area (Å²) in [6, 6.07) is 2.37. The average Bonchev–Trinajstić information content (AvgIpc) is 3.29. The summed E-state index contributed by atoms with van der Waals surface area (Å²) in [6.45, 7) is 3.28. The van der Waals surface area contributed by atoms with Gasteiger partial charge in [-0.05, 0) is 25.8 Å². The first-order valence-corrected chi connectivity index (χ1v) is 9.73. The number of hydrogen-bond donors (Lipinski definition) is 1. The van der Waals surface area contributed by atoms with E-state index in [2.05, 4.69) is 25.4 Å². The van der Waals surface area contributed by atoms with Crippen LogP contribution in [-0.2, 0) is 9.47 Å². The molecule has 1 saturated carbocycles. The highest BCUT2D eigenvalue weighted by Crippen LogP contribution is 2.27. The van der Waals surface area contributed by atoms with Crippen molar-refractivity contribution in [3.05, 3.63) is 42.7 Å². The maximum Gasteiger partial charge on any atom is 0.241 e. The summed E-state index contributed by atoms with van der Waals surface area (Å²) in [5.74, 6) is 1.32. The zero-order valence-electron chi connectivity index (χ0n) is 16.4. The standard InChI is InChI=1S/C20H23N7O2/c1-13-9-22-20-23-10-14(12-26(13)20)17-3-4-27-18(17)11-21-19(25-27)24-15-7-16(8-15)29-6-5-28-2/h3-4,9-12,15-16H,5-8H2,1-2H3,(H,24,25)/t15-,16+. The predicted octanol–water partition coefficient (Wildman–Crippen LogP) is 2.35. The summed E-state index contributed by atoms with van der Waals surface area (Å²) in [7, 11) is 1.68.